The molecule has 1 unspecified atom stereocenters. The monoisotopic (exact) mass is 362 g/mol. The molecule has 94 valence electrons. The van der Waals surface area contributed by atoms with E-state index in [9.17, 15) is 4.79 Å². The van der Waals surface area contributed by atoms with Gasteiger partial charge in [0.15, 0.2) is 0 Å². The number of alkyl halides is 1. The smallest absolute Gasteiger partial charge is 0.149 e. The topological polar surface area (TPSA) is 26.3 Å². The largest absolute Gasteiger partial charge is 0.497 e. The van der Waals surface area contributed by atoms with Crippen LogP contribution in [-0.4, -0.2) is 17.7 Å². The van der Waals surface area contributed by atoms with Gasteiger partial charge in [-0.25, -0.2) is 0 Å². The molecule has 0 aliphatic rings. The Morgan fingerprint density at radius 2 is 2.06 bits per heavy atom. The molecule has 0 saturated carbocycles. The normalized spacial score (nSPS) is 12.6. The first-order valence-electron chi connectivity index (χ1n) is 5.46. The van der Waals surface area contributed by atoms with Crippen molar-refractivity contribution in [3.05, 3.63) is 28.2 Å². The molecule has 0 fully saturated rings. The van der Waals surface area contributed by atoms with Gasteiger partial charge in [-0.15, -0.1) is 0 Å². The average Bonchev–Trinajstić information content (AvgIpc) is 2.30. The van der Waals surface area contributed by atoms with Gasteiger partial charge in [0.05, 0.1) is 11.9 Å². The Labute approximate surface area is 119 Å². The van der Waals surface area contributed by atoms with Gasteiger partial charge in [-0.1, -0.05) is 45.7 Å². The second-order valence-corrected chi connectivity index (χ2v) is 6.15. The summed E-state index contributed by atoms with van der Waals surface area (Å²) >= 11 is 6.94. The van der Waals surface area contributed by atoms with Crippen LogP contribution in [0.25, 0.3) is 0 Å². The van der Waals surface area contributed by atoms with E-state index in [0.29, 0.717) is 6.42 Å². The van der Waals surface area contributed by atoms with E-state index >= 15 is 0 Å². The molecule has 1 atom stereocenters. The SMILES string of the molecule is COc1ccc(Br)c(CC(Br)C(=O)C(C)C)c1. The maximum Gasteiger partial charge on any atom is 0.149 e. The predicted molar refractivity (Wildman–Crippen MR) is 77.0 cm³/mol. The lowest BCUT2D eigenvalue weighted by Crippen LogP contribution is -2.21. The van der Waals surface area contributed by atoms with Crippen molar-refractivity contribution in [3.8, 4) is 5.75 Å². The number of benzene rings is 1. The van der Waals surface area contributed by atoms with Crippen molar-refractivity contribution in [3.63, 3.8) is 0 Å². The van der Waals surface area contributed by atoms with E-state index in [-0.39, 0.29) is 16.5 Å². The van der Waals surface area contributed by atoms with Gasteiger partial charge in [0.25, 0.3) is 0 Å². The van der Waals surface area contributed by atoms with Gasteiger partial charge < -0.3 is 4.74 Å². The molecule has 0 bridgehead atoms. The Bertz CT molecular complexity index is 402. The fourth-order valence-electron chi connectivity index (χ4n) is 1.49. The highest BCUT2D eigenvalue weighted by Gasteiger charge is 2.19. The Morgan fingerprint density at radius 3 is 2.59 bits per heavy atom. The van der Waals surface area contributed by atoms with Crippen LogP contribution in [0.15, 0.2) is 22.7 Å². The molecule has 0 spiro atoms. The van der Waals surface area contributed by atoms with Crippen molar-refractivity contribution in [2.45, 2.75) is 25.1 Å². The molecule has 0 saturated heterocycles. The number of ketones is 1. The molecule has 4 heteroatoms. The maximum atomic E-state index is 11.8. The molecule has 1 rings (SSSR count). The molecule has 0 N–H and O–H groups in total. The summed E-state index contributed by atoms with van der Waals surface area (Å²) < 4.78 is 6.18. The van der Waals surface area contributed by atoms with E-state index in [1.165, 1.54) is 0 Å². The van der Waals surface area contributed by atoms with Crippen LogP contribution < -0.4 is 4.74 Å². The minimum Gasteiger partial charge on any atom is -0.497 e. The first-order chi connectivity index (χ1) is 7.95. The minimum absolute atomic E-state index is 0.0451. The molecule has 0 amide bonds. The molecule has 1 aromatic rings. The number of carbonyl (C=O) groups is 1. The summed E-state index contributed by atoms with van der Waals surface area (Å²) in [5.41, 5.74) is 1.07. The highest BCUT2D eigenvalue weighted by Crippen LogP contribution is 2.26. The number of carbonyl (C=O) groups excluding carboxylic acids is 1. The van der Waals surface area contributed by atoms with Gasteiger partial charge >= 0.3 is 0 Å². The van der Waals surface area contributed by atoms with Crippen molar-refractivity contribution >= 4 is 37.6 Å². The lowest BCUT2D eigenvalue weighted by Gasteiger charge is -2.13. The van der Waals surface area contributed by atoms with E-state index in [4.69, 9.17) is 4.74 Å². The number of halogens is 2. The molecule has 0 radical (unpaired) electrons. The Hall–Kier alpha value is -0.350. The lowest BCUT2D eigenvalue weighted by atomic mass is 10.0. The lowest BCUT2D eigenvalue weighted by molar-refractivity contribution is -0.121. The van der Waals surface area contributed by atoms with Crippen LogP contribution in [0, 0.1) is 5.92 Å². The highest BCUT2D eigenvalue weighted by molar-refractivity contribution is 9.10. The molecule has 0 aliphatic carbocycles. The van der Waals surface area contributed by atoms with Crippen molar-refractivity contribution in [2.75, 3.05) is 7.11 Å². The fraction of sp³-hybridized carbons (Fsp3) is 0.462. The van der Waals surface area contributed by atoms with Crippen LogP contribution in [0.3, 0.4) is 0 Å². The molecule has 0 heterocycles. The van der Waals surface area contributed by atoms with Crippen molar-refractivity contribution in [2.24, 2.45) is 5.92 Å². The van der Waals surface area contributed by atoms with Crippen LogP contribution in [0.4, 0.5) is 0 Å². The predicted octanol–water partition coefficient (Wildman–Crippen LogP) is 3.99. The molecule has 2 nitrogen and oxygen atoms in total. The minimum atomic E-state index is -0.147. The van der Waals surface area contributed by atoms with E-state index < -0.39 is 0 Å². The summed E-state index contributed by atoms with van der Waals surface area (Å²) in [6.07, 6.45) is 0.662. The molecule has 0 aromatic heterocycles. The van der Waals surface area contributed by atoms with E-state index in [0.717, 1.165) is 15.8 Å². The van der Waals surface area contributed by atoms with Crippen LogP contribution >= 0.6 is 31.9 Å². The second-order valence-electron chi connectivity index (χ2n) is 4.19. The van der Waals surface area contributed by atoms with E-state index in [1.54, 1.807) is 7.11 Å². The van der Waals surface area contributed by atoms with Crippen LogP contribution in [0.5, 0.6) is 5.75 Å². The summed E-state index contributed by atoms with van der Waals surface area (Å²) in [6.45, 7) is 3.83. The number of Topliss-reactive ketones (excluding diaryl/α,β-unsaturated/α-hetero) is 1. The number of hydrogen-bond donors (Lipinski definition) is 0. The van der Waals surface area contributed by atoms with E-state index in [1.807, 2.05) is 32.0 Å². The molecule has 17 heavy (non-hydrogen) atoms. The van der Waals surface area contributed by atoms with Gasteiger partial charge in [0, 0.05) is 10.4 Å². The third-order valence-electron chi connectivity index (χ3n) is 2.53. The standard InChI is InChI=1S/C13H16Br2O2/c1-8(2)13(16)12(15)7-9-6-10(17-3)4-5-11(9)14/h4-6,8,12H,7H2,1-3H3. The quantitative estimate of drug-likeness (QED) is 0.739. The summed E-state index contributed by atoms with van der Waals surface area (Å²) in [5, 5.41) is 0. The van der Waals surface area contributed by atoms with Gasteiger partial charge in [0.2, 0.25) is 0 Å². The van der Waals surface area contributed by atoms with Gasteiger partial charge in [-0.05, 0) is 30.2 Å². The number of ether oxygens (including phenoxy) is 1. The van der Waals surface area contributed by atoms with Gasteiger partial charge in [-0.3, -0.25) is 4.79 Å². The summed E-state index contributed by atoms with van der Waals surface area (Å²) in [7, 11) is 1.64. The number of hydrogen-bond acceptors (Lipinski definition) is 2. The zero-order valence-electron chi connectivity index (χ0n) is 10.2. The molecule has 0 aliphatic heterocycles. The first kappa shape index (κ1) is 14.7. The number of methoxy groups -OCH3 is 1. The number of rotatable bonds is 5. The fourth-order valence-corrected chi connectivity index (χ4v) is 2.78. The van der Waals surface area contributed by atoms with E-state index in [2.05, 4.69) is 31.9 Å². The zero-order valence-corrected chi connectivity index (χ0v) is 13.3. The van der Waals surface area contributed by atoms with Gasteiger partial charge in [-0.2, -0.15) is 0 Å². The van der Waals surface area contributed by atoms with Crippen LogP contribution in [0.1, 0.15) is 19.4 Å². The molecule has 1 aromatic carbocycles. The van der Waals surface area contributed by atoms with Gasteiger partial charge in [0.1, 0.15) is 11.5 Å². The van der Waals surface area contributed by atoms with Crippen molar-refractivity contribution in [1.82, 2.24) is 0 Å². The first-order valence-corrected chi connectivity index (χ1v) is 7.16. The van der Waals surface area contributed by atoms with Crippen LogP contribution in [0.2, 0.25) is 0 Å². The Kier molecular flexibility index (Phi) is 5.67. The Balaban J connectivity index is 2.83. The third-order valence-corrected chi connectivity index (χ3v) is 4.08. The summed E-state index contributed by atoms with van der Waals surface area (Å²) in [4.78, 5) is 11.7. The van der Waals surface area contributed by atoms with Crippen molar-refractivity contribution in [1.29, 1.82) is 0 Å². The molecular weight excluding hydrogens is 348 g/mol. The average molecular weight is 364 g/mol. The second kappa shape index (κ2) is 6.55. The highest BCUT2D eigenvalue weighted by atomic mass is 79.9. The third kappa shape index (κ3) is 4.11. The van der Waals surface area contributed by atoms with Crippen molar-refractivity contribution < 1.29 is 9.53 Å². The zero-order chi connectivity index (χ0) is 13.0. The maximum absolute atomic E-state index is 11.8. The summed E-state index contributed by atoms with van der Waals surface area (Å²) in [6, 6.07) is 5.78. The summed E-state index contributed by atoms with van der Waals surface area (Å²) in [5.74, 6) is 1.07. The van der Waals surface area contributed by atoms with Crippen LogP contribution in [-0.2, 0) is 11.2 Å². The Morgan fingerprint density at radius 1 is 1.41 bits per heavy atom. The molecular formula is C13H16Br2O2.